The van der Waals surface area contributed by atoms with Gasteiger partial charge in [-0.05, 0) is 41.2 Å². The summed E-state index contributed by atoms with van der Waals surface area (Å²) >= 11 is 6.65. The number of rotatable bonds is 6. The van der Waals surface area contributed by atoms with Crippen molar-refractivity contribution < 1.29 is 35.8 Å². The monoisotopic (exact) mass is 424 g/mol. The molecule has 27 heavy (non-hydrogen) atoms. The molecule has 2 rings (SSSR count). The van der Waals surface area contributed by atoms with Crippen molar-refractivity contribution in [1.29, 1.82) is 0 Å². The minimum Gasteiger partial charge on any atom is -0.428 e. The summed E-state index contributed by atoms with van der Waals surface area (Å²) in [7, 11) is -2.77. The topological polar surface area (TPSA) is 18.5 Å². The lowest BCUT2D eigenvalue weighted by molar-refractivity contribution is 0.241. The second-order valence-corrected chi connectivity index (χ2v) is 10.8. The summed E-state index contributed by atoms with van der Waals surface area (Å²) in [6.07, 6.45) is -5.14. The van der Waals surface area contributed by atoms with Crippen LogP contribution in [0.1, 0.15) is 0 Å². The van der Waals surface area contributed by atoms with Gasteiger partial charge in [0.2, 0.25) is 7.38 Å². The molecule has 0 unspecified atom stereocenters. The molecule has 0 atom stereocenters. The average Bonchev–Trinajstić information content (AvgIpc) is 2.62. The third kappa shape index (κ3) is 5.30. The van der Waals surface area contributed by atoms with E-state index in [1.165, 1.54) is 48.5 Å². The van der Waals surface area contributed by atoms with E-state index in [0.717, 1.165) is 0 Å². The molecule has 144 valence electrons. The Morgan fingerprint density at radius 2 is 0.963 bits per heavy atom. The lowest BCUT2D eigenvalue weighted by Gasteiger charge is -2.21. The van der Waals surface area contributed by atoms with Gasteiger partial charge >= 0.3 is 24.2 Å². The first-order valence-electron chi connectivity index (χ1n) is 7.28. The highest BCUT2D eigenvalue weighted by Crippen LogP contribution is 2.21. The van der Waals surface area contributed by atoms with Crippen LogP contribution in [-0.2, 0) is 0 Å². The molecule has 0 N–H and O–H groups in total. The predicted octanol–water partition coefficient (Wildman–Crippen LogP) is 5.44. The number of hydrogen-bond donors (Lipinski definition) is 0. The maximum absolute atomic E-state index is 12.8. The molecule has 10 heteroatoms. The molecular weight excluding hydrogens is 414 g/mol. The van der Waals surface area contributed by atoms with Crippen molar-refractivity contribution in [3.63, 3.8) is 0 Å². The summed E-state index contributed by atoms with van der Waals surface area (Å²) < 4.78 is 82.4. The van der Waals surface area contributed by atoms with Gasteiger partial charge in [-0.3, -0.25) is 0 Å². The summed E-state index contributed by atoms with van der Waals surface area (Å²) in [5, 5.41) is 1.30. The van der Waals surface area contributed by atoms with Gasteiger partial charge in [0, 0.05) is 0 Å². The molecule has 0 aliphatic heterocycles. The smallest absolute Gasteiger partial charge is 0.344 e. The molecule has 0 heterocycles. The van der Waals surface area contributed by atoms with Crippen LogP contribution in [0, 0.1) is 0 Å². The molecular formula is C17H11ClF6O2Si. The zero-order valence-electron chi connectivity index (χ0n) is 13.6. The average molecular weight is 425 g/mol. The van der Waals surface area contributed by atoms with Gasteiger partial charge in [-0.15, -0.1) is 0 Å². The Balaban J connectivity index is 2.20. The van der Waals surface area contributed by atoms with Crippen LogP contribution >= 0.6 is 11.1 Å². The Hall–Kier alpha value is -2.39. The maximum Gasteiger partial charge on any atom is 0.344 e. The molecule has 0 radical (unpaired) electrons. The quantitative estimate of drug-likeness (QED) is 0.266. The molecule has 0 aromatic heterocycles. The van der Waals surface area contributed by atoms with Crippen LogP contribution in [0.25, 0.3) is 0 Å². The fraction of sp³-hybridized carbons (Fsp3) is 0.0588. The molecule has 0 bridgehead atoms. The van der Waals surface area contributed by atoms with Crippen LogP contribution in [0.15, 0.2) is 72.7 Å². The van der Waals surface area contributed by atoms with Crippen molar-refractivity contribution in [3.05, 3.63) is 72.7 Å². The van der Waals surface area contributed by atoms with Gasteiger partial charge in [0.1, 0.15) is 11.5 Å². The van der Waals surface area contributed by atoms with E-state index in [4.69, 9.17) is 11.1 Å². The molecule has 0 aliphatic rings. The zero-order valence-corrected chi connectivity index (χ0v) is 15.3. The number of ether oxygens (including phenoxy) is 2. The van der Waals surface area contributed by atoms with E-state index in [-0.39, 0.29) is 11.5 Å². The normalized spacial score (nSPS) is 11.0. The predicted molar refractivity (Wildman–Crippen MR) is 91.6 cm³/mol. The van der Waals surface area contributed by atoms with Crippen molar-refractivity contribution in [2.45, 2.75) is 6.55 Å². The fourth-order valence-electron chi connectivity index (χ4n) is 2.12. The van der Waals surface area contributed by atoms with E-state index in [9.17, 15) is 26.3 Å². The first-order valence-corrected chi connectivity index (χ1v) is 10.8. The highest BCUT2D eigenvalue weighted by atomic mass is 35.6. The largest absolute Gasteiger partial charge is 0.428 e. The number of hydrogen-bond acceptors (Lipinski definition) is 2. The molecule has 2 aromatic carbocycles. The Morgan fingerprint density at radius 3 is 1.22 bits per heavy atom. The summed E-state index contributed by atoms with van der Waals surface area (Å²) in [4.78, 5) is 0. The Bertz CT molecular complexity index is 786. The van der Waals surface area contributed by atoms with Crippen molar-refractivity contribution in [1.82, 2.24) is 0 Å². The summed E-state index contributed by atoms with van der Waals surface area (Å²) in [6.45, 7) is 1.75. The van der Waals surface area contributed by atoms with Crippen LogP contribution in [0.5, 0.6) is 11.5 Å². The summed E-state index contributed by atoms with van der Waals surface area (Å²) in [5.41, 5.74) is 0. The van der Waals surface area contributed by atoms with E-state index in [1.54, 1.807) is 6.55 Å². The first-order chi connectivity index (χ1) is 12.6. The molecule has 2 aromatic rings. The van der Waals surface area contributed by atoms with Crippen molar-refractivity contribution in [2.24, 2.45) is 0 Å². The number of halogens is 7. The minimum atomic E-state index is -2.77. The summed E-state index contributed by atoms with van der Waals surface area (Å²) in [5.74, 6) is -0.269. The maximum atomic E-state index is 12.8. The van der Waals surface area contributed by atoms with E-state index in [1.807, 2.05) is 0 Å². The van der Waals surface area contributed by atoms with Gasteiger partial charge < -0.3 is 9.47 Å². The van der Waals surface area contributed by atoms with Gasteiger partial charge in [0.25, 0.3) is 0 Å². The highest BCUT2D eigenvalue weighted by Gasteiger charge is 2.30. The van der Waals surface area contributed by atoms with Crippen LogP contribution in [0.4, 0.5) is 26.3 Å². The second-order valence-electron chi connectivity index (χ2n) is 5.32. The lowest BCUT2D eigenvalue weighted by Crippen LogP contribution is -2.50. The van der Waals surface area contributed by atoms with Gasteiger partial charge in [-0.25, -0.2) is 0 Å². The SMILES string of the molecule is C[Si](Cl)(c1ccc(OC(F)=C(F)F)cc1)c1ccc(OC(F)=C(F)F)cc1. The Labute approximate surface area is 156 Å². The second kappa shape index (κ2) is 8.53. The van der Waals surface area contributed by atoms with Gasteiger partial charge in [0.05, 0.1) is 0 Å². The molecule has 0 fully saturated rings. The molecule has 0 saturated heterocycles. The van der Waals surface area contributed by atoms with Crippen molar-refractivity contribution in [3.8, 4) is 11.5 Å². The molecule has 0 saturated carbocycles. The van der Waals surface area contributed by atoms with Crippen LogP contribution in [0.2, 0.25) is 6.55 Å². The van der Waals surface area contributed by atoms with E-state index in [2.05, 4.69) is 9.47 Å². The number of benzene rings is 2. The van der Waals surface area contributed by atoms with Crippen LogP contribution < -0.4 is 19.8 Å². The lowest BCUT2D eigenvalue weighted by atomic mass is 10.3. The van der Waals surface area contributed by atoms with Crippen molar-refractivity contribution >= 4 is 28.8 Å². The third-order valence-electron chi connectivity index (χ3n) is 3.50. The summed E-state index contributed by atoms with van der Waals surface area (Å²) in [6, 6.07) is 7.17. The Kier molecular flexibility index (Phi) is 6.61. The van der Waals surface area contributed by atoms with E-state index in [0.29, 0.717) is 10.4 Å². The van der Waals surface area contributed by atoms with Gasteiger partial charge in [-0.1, -0.05) is 24.3 Å². The van der Waals surface area contributed by atoms with E-state index >= 15 is 0 Å². The van der Waals surface area contributed by atoms with Gasteiger partial charge in [-0.2, -0.15) is 37.4 Å². The third-order valence-corrected chi connectivity index (χ3v) is 7.65. The minimum absolute atomic E-state index is 0.134. The molecule has 2 nitrogen and oxygen atoms in total. The highest BCUT2D eigenvalue weighted by molar-refractivity contribution is 7.33. The molecule has 0 spiro atoms. The van der Waals surface area contributed by atoms with Gasteiger partial charge in [0.15, 0.2) is 0 Å². The van der Waals surface area contributed by atoms with Crippen LogP contribution in [-0.4, -0.2) is 7.38 Å². The van der Waals surface area contributed by atoms with Crippen molar-refractivity contribution in [2.75, 3.05) is 0 Å². The fourth-order valence-corrected chi connectivity index (χ4v) is 4.80. The first kappa shape index (κ1) is 20.9. The van der Waals surface area contributed by atoms with E-state index < -0.39 is 31.6 Å². The molecule has 0 amide bonds. The standard InChI is InChI=1S/C17H11ClF6O2Si/c1-27(18,12-6-2-10(3-7-12)25-16(23)14(19)20)13-8-4-11(5-9-13)26-17(24)15(21)22/h2-9H,1H3. The Morgan fingerprint density at radius 1 is 0.667 bits per heavy atom. The molecule has 0 aliphatic carbocycles. The van der Waals surface area contributed by atoms with Crippen LogP contribution in [0.3, 0.4) is 0 Å². The zero-order chi connectivity index (χ0) is 20.2.